The molecule has 0 bridgehead atoms. The molecule has 1 nitrogen and oxygen atoms in total. The molecule has 0 aliphatic heterocycles. The molecule has 0 radical (unpaired) electrons. The van der Waals surface area contributed by atoms with Gasteiger partial charge in [-0.05, 0) is 23.5 Å². The van der Waals surface area contributed by atoms with Crippen molar-refractivity contribution >= 4 is 15.9 Å². The summed E-state index contributed by atoms with van der Waals surface area (Å²) in [5, 5.41) is 9.84. The molecule has 0 aliphatic rings. The molecule has 1 aromatic carbocycles. The fraction of sp³-hybridized carbons (Fsp3) is 0.538. The van der Waals surface area contributed by atoms with E-state index in [1.165, 1.54) is 5.56 Å². The Hall–Kier alpha value is -0.340. The third-order valence-electron chi connectivity index (χ3n) is 2.55. The topological polar surface area (TPSA) is 20.2 Å². The minimum Gasteiger partial charge on any atom is -0.387 e. The Bertz CT molecular complexity index is 308. The Kier molecular flexibility index (Phi) is 3.96. The Labute approximate surface area is 101 Å². The first-order chi connectivity index (χ1) is 6.82. The van der Waals surface area contributed by atoms with Crippen LogP contribution in [0.3, 0.4) is 0 Å². The summed E-state index contributed by atoms with van der Waals surface area (Å²) in [7, 11) is 0. The average molecular weight is 271 g/mol. The third kappa shape index (κ3) is 3.32. The molecular weight excluding hydrogens is 252 g/mol. The van der Waals surface area contributed by atoms with Gasteiger partial charge < -0.3 is 5.11 Å². The minimum atomic E-state index is -0.431. The smallest absolute Gasteiger partial charge is 0.0912 e. The van der Waals surface area contributed by atoms with Gasteiger partial charge in [-0.15, -0.1) is 0 Å². The lowest BCUT2D eigenvalue weighted by molar-refractivity contribution is 0.181. The summed E-state index contributed by atoms with van der Waals surface area (Å²) in [5.41, 5.74) is 2.43. The van der Waals surface area contributed by atoms with E-state index in [0.29, 0.717) is 0 Å². The van der Waals surface area contributed by atoms with E-state index in [0.717, 1.165) is 5.56 Å². The molecule has 15 heavy (non-hydrogen) atoms. The van der Waals surface area contributed by atoms with Gasteiger partial charge in [-0.3, -0.25) is 0 Å². The van der Waals surface area contributed by atoms with E-state index in [9.17, 15) is 5.11 Å². The molecule has 2 atom stereocenters. The summed E-state index contributed by atoms with van der Waals surface area (Å²) in [5.74, 6) is 0. The van der Waals surface area contributed by atoms with Crippen LogP contribution >= 0.6 is 15.9 Å². The van der Waals surface area contributed by atoms with Crippen LogP contribution in [0.5, 0.6) is 0 Å². The van der Waals surface area contributed by atoms with Gasteiger partial charge in [-0.25, -0.2) is 0 Å². The molecule has 0 aliphatic carbocycles. The summed E-state index contributed by atoms with van der Waals surface area (Å²) in [6.07, 6.45) is -0.431. The van der Waals surface area contributed by atoms with Crippen LogP contribution in [-0.4, -0.2) is 9.93 Å². The molecule has 1 rings (SSSR count). The lowest BCUT2D eigenvalue weighted by Crippen LogP contribution is -2.12. The van der Waals surface area contributed by atoms with Crippen molar-refractivity contribution in [1.29, 1.82) is 0 Å². The summed E-state index contributed by atoms with van der Waals surface area (Å²) >= 11 is 3.38. The second kappa shape index (κ2) is 4.67. The van der Waals surface area contributed by atoms with E-state index in [1.807, 2.05) is 19.1 Å². The van der Waals surface area contributed by atoms with Gasteiger partial charge in [0.1, 0.15) is 0 Å². The number of benzene rings is 1. The van der Waals surface area contributed by atoms with Gasteiger partial charge in [-0.2, -0.15) is 0 Å². The van der Waals surface area contributed by atoms with Gasteiger partial charge in [0.2, 0.25) is 0 Å². The van der Waals surface area contributed by atoms with Crippen molar-refractivity contribution in [3.05, 3.63) is 35.4 Å². The Morgan fingerprint density at radius 1 is 1.13 bits per heavy atom. The maximum atomic E-state index is 9.84. The number of hydrogen-bond donors (Lipinski definition) is 1. The van der Waals surface area contributed by atoms with Crippen LogP contribution in [0, 0.1) is 0 Å². The SMILES string of the molecule is CC(Br)C(O)c1ccc(C(C)(C)C)cc1. The van der Waals surface area contributed by atoms with Crippen LogP contribution in [0.25, 0.3) is 0 Å². The number of aliphatic hydroxyl groups excluding tert-OH is 1. The number of rotatable bonds is 2. The van der Waals surface area contributed by atoms with Gasteiger partial charge in [0.25, 0.3) is 0 Å². The Morgan fingerprint density at radius 3 is 1.93 bits per heavy atom. The highest BCUT2D eigenvalue weighted by Gasteiger charge is 2.16. The van der Waals surface area contributed by atoms with E-state index in [4.69, 9.17) is 0 Å². The second-order valence-corrected chi connectivity index (χ2v) is 6.44. The van der Waals surface area contributed by atoms with Gasteiger partial charge in [0.05, 0.1) is 6.10 Å². The van der Waals surface area contributed by atoms with Crippen LogP contribution in [0.2, 0.25) is 0 Å². The van der Waals surface area contributed by atoms with Crippen molar-refractivity contribution in [1.82, 2.24) is 0 Å². The quantitative estimate of drug-likeness (QED) is 0.811. The highest BCUT2D eigenvalue weighted by Crippen LogP contribution is 2.26. The number of alkyl halides is 1. The molecule has 1 aromatic rings. The van der Waals surface area contributed by atoms with Gasteiger partial charge in [-0.1, -0.05) is 61.0 Å². The highest BCUT2D eigenvalue weighted by atomic mass is 79.9. The molecule has 0 amide bonds. The van der Waals surface area contributed by atoms with Gasteiger partial charge in [0, 0.05) is 4.83 Å². The molecule has 1 N–H and O–H groups in total. The molecule has 0 saturated heterocycles. The number of aliphatic hydroxyl groups is 1. The van der Waals surface area contributed by atoms with Gasteiger partial charge in [0.15, 0.2) is 0 Å². The van der Waals surface area contributed by atoms with Crippen LogP contribution in [-0.2, 0) is 5.41 Å². The Balaban J connectivity index is 2.91. The number of hydrogen-bond acceptors (Lipinski definition) is 1. The van der Waals surface area contributed by atoms with Crippen LogP contribution in [0.4, 0.5) is 0 Å². The van der Waals surface area contributed by atoms with Crippen LogP contribution in [0.1, 0.15) is 44.9 Å². The summed E-state index contributed by atoms with van der Waals surface area (Å²) < 4.78 is 0. The standard InChI is InChI=1S/C13H19BrO/c1-9(14)12(15)10-5-7-11(8-6-10)13(2,3)4/h5-9,12,15H,1-4H3. The maximum absolute atomic E-state index is 9.84. The second-order valence-electron chi connectivity index (χ2n) is 4.99. The summed E-state index contributed by atoms with van der Waals surface area (Å²) in [4.78, 5) is 0.0815. The first-order valence-corrected chi connectivity index (χ1v) is 6.16. The minimum absolute atomic E-state index is 0.0815. The first kappa shape index (κ1) is 12.7. The number of halogens is 1. The van der Waals surface area contributed by atoms with Crippen LogP contribution < -0.4 is 0 Å². The monoisotopic (exact) mass is 270 g/mol. The fourth-order valence-electron chi connectivity index (χ4n) is 1.45. The molecule has 2 unspecified atom stereocenters. The first-order valence-electron chi connectivity index (χ1n) is 5.25. The predicted octanol–water partition coefficient (Wildman–Crippen LogP) is 3.80. The molecule has 0 spiro atoms. The molecule has 0 fully saturated rings. The molecule has 84 valence electrons. The van der Waals surface area contributed by atoms with E-state index in [-0.39, 0.29) is 10.2 Å². The highest BCUT2D eigenvalue weighted by molar-refractivity contribution is 9.09. The van der Waals surface area contributed by atoms with Crippen molar-refractivity contribution < 1.29 is 5.11 Å². The molecular formula is C13H19BrO. The lowest BCUT2D eigenvalue weighted by atomic mass is 9.86. The van der Waals surface area contributed by atoms with E-state index in [2.05, 4.69) is 48.8 Å². The zero-order chi connectivity index (χ0) is 11.6. The van der Waals surface area contributed by atoms with Crippen LogP contribution in [0.15, 0.2) is 24.3 Å². The van der Waals surface area contributed by atoms with E-state index < -0.39 is 6.10 Å². The maximum Gasteiger partial charge on any atom is 0.0912 e. The predicted molar refractivity (Wildman–Crippen MR) is 68.5 cm³/mol. The average Bonchev–Trinajstić information content (AvgIpc) is 2.15. The normalized spacial score (nSPS) is 16.1. The summed E-state index contributed by atoms with van der Waals surface area (Å²) in [6, 6.07) is 8.19. The van der Waals surface area contributed by atoms with Crippen molar-refractivity contribution in [3.63, 3.8) is 0 Å². The Morgan fingerprint density at radius 2 is 1.60 bits per heavy atom. The van der Waals surface area contributed by atoms with Crippen molar-refractivity contribution in [2.75, 3.05) is 0 Å². The lowest BCUT2D eigenvalue weighted by Gasteiger charge is -2.20. The molecule has 0 heterocycles. The molecule has 0 saturated carbocycles. The molecule has 0 aromatic heterocycles. The largest absolute Gasteiger partial charge is 0.387 e. The van der Waals surface area contributed by atoms with Crippen molar-refractivity contribution in [2.45, 2.75) is 44.0 Å². The van der Waals surface area contributed by atoms with Crippen molar-refractivity contribution in [3.8, 4) is 0 Å². The van der Waals surface area contributed by atoms with E-state index >= 15 is 0 Å². The van der Waals surface area contributed by atoms with Crippen molar-refractivity contribution in [2.24, 2.45) is 0 Å². The zero-order valence-corrected chi connectivity index (χ0v) is 11.4. The van der Waals surface area contributed by atoms with E-state index in [1.54, 1.807) is 0 Å². The van der Waals surface area contributed by atoms with Gasteiger partial charge >= 0.3 is 0 Å². The fourth-order valence-corrected chi connectivity index (χ4v) is 1.75. The third-order valence-corrected chi connectivity index (χ3v) is 3.05. The molecule has 2 heteroatoms. The zero-order valence-electron chi connectivity index (χ0n) is 9.79. The summed E-state index contributed by atoms with van der Waals surface area (Å²) in [6.45, 7) is 8.50.